The maximum Gasteiger partial charge on any atom is 0.273 e. The second kappa shape index (κ2) is 8.21. The molecular formula is C19H20ClN3O3. The van der Waals surface area contributed by atoms with Gasteiger partial charge in [-0.05, 0) is 61.8 Å². The first kappa shape index (κ1) is 18.2. The summed E-state index contributed by atoms with van der Waals surface area (Å²) < 4.78 is 0. The van der Waals surface area contributed by atoms with E-state index in [1.165, 1.54) is 31.0 Å². The number of nitrogens with one attached hydrogen (secondary N) is 2. The van der Waals surface area contributed by atoms with E-state index in [1.54, 1.807) is 6.07 Å². The first-order chi connectivity index (χ1) is 12.5. The Morgan fingerprint density at radius 2 is 1.77 bits per heavy atom. The number of hydrogen-bond acceptors (Lipinski definition) is 4. The molecule has 1 saturated heterocycles. The van der Waals surface area contributed by atoms with Gasteiger partial charge in [0, 0.05) is 17.1 Å². The molecule has 0 aromatic heterocycles. The summed E-state index contributed by atoms with van der Waals surface area (Å²) in [7, 11) is 0. The van der Waals surface area contributed by atoms with Crippen LogP contribution in [0.2, 0.25) is 5.02 Å². The quantitative estimate of drug-likeness (QED) is 0.720. The molecule has 26 heavy (non-hydrogen) atoms. The largest absolute Gasteiger partial charge is 0.507 e. The minimum Gasteiger partial charge on any atom is -0.507 e. The number of phenols is 1. The number of nitrogens with zero attached hydrogens (tertiary/aromatic N) is 1. The maximum atomic E-state index is 12.3. The summed E-state index contributed by atoms with van der Waals surface area (Å²) in [6, 6.07) is 11.4. The van der Waals surface area contributed by atoms with E-state index in [0.29, 0.717) is 10.6 Å². The van der Waals surface area contributed by atoms with Crippen molar-refractivity contribution in [2.45, 2.75) is 19.4 Å². The lowest BCUT2D eigenvalue weighted by Crippen LogP contribution is -2.41. The molecule has 0 atom stereocenters. The molecule has 3 rings (SSSR count). The Labute approximate surface area is 156 Å². The predicted octanol–water partition coefficient (Wildman–Crippen LogP) is 2.72. The lowest BCUT2D eigenvalue weighted by atomic mass is 10.1. The van der Waals surface area contributed by atoms with Gasteiger partial charge in [0.25, 0.3) is 11.8 Å². The summed E-state index contributed by atoms with van der Waals surface area (Å²) in [6.45, 7) is 2.97. The van der Waals surface area contributed by atoms with Crippen molar-refractivity contribution in [1.29, 1.82) is 0 Å². The van der Waals surface area contributed by atoms with E-state index >= 15 is 0 Å². The summed E-state index contributed by atoms with van der Waals surface area (Å²) in [4.78, 5) is 26.7. The first-order valence-electron chi connectivity index (χ1n) is 8.43. The number of likely N-dealkylation sites (tertiary alicyclic amines) is 1. The average molecular weight is 374 g/mol. The summed E-state index contributed by atoms with van der Waals surface area (Å²) in [6.07, 6.45) is 2.42. The van der Waals surface area contributed by atoms with Crippen LogP contribution in [0, 0.1) is 0 Å². The average Bonchev–Trinajstić information content (AvgIpc) is 3.14. The number of rotatable bonds is 4. The van der Waals surface area contributed by atoms with Gasteiger partial charge >= 0.3 is 0 Å². The fraction of sp³-hybridized carbons (Fsp3) is 0.263. The van der Waals surface area contributed by atoms with Crippen LogP contribution in [0.25, 0.3) is 0 Å². The van der Waals surface area contributed by atoms with Crippen LogP contribution in [0.15, 0.2) is 42.5 Å². The zero-order valence-corrected chi connectivity index (χ0v) is 14.9. The topological polar surface area (TPSA) is 81.7 Å². The van der Waals surface area contributed by atoms with Gasteiger partial charge in [0.05, 0.1) is 5.56 Å². The second-order valence-electron chi connectivity index (χ2n) is 6.25. The van der Waals surface area contributed by atoms with Crippen LogP contribution in [0.3, 0.4) is 0 Å². The van der Waals surface area contributed by atoms with Gasteiger partial charge < -0.3 is 5.11 Å². The Hall–Kier alpha value is -2.57. The number of hydrogen-bond donors (Lipinski definition) is 3. The fourth-order valence-electron chi connectivity index (χ4n) is 2.95. The van der Waals surface area contributed by atoms with Gasteiger partial charge in [0.1, 0.15) is 5.75 Å². The fourth-order valence-corrected chi connectivity index (χ4v) is 3.13. The van der Waals surface area contributed by atoms with Crippen LogP contribution in [-0.2, 0) is 6.54 Å². The third-order valence-electron chi connectivity index (χ3n) is 4.29. The zero-order valence-electron chi connectivity index (χ0n) is 14.2. The van der Waals surface area contributed by atoms with E-state index in [4.69, 9.17) is 11.6 Å². The van der Waals surface area contributed by atoms with Gasteiger partial charge in [0.2, 0.25) is 0 Å². The SMILES string of the molecule is O=C(NNC(=O)c1cc(Cl)ccc1O)c1cccc(CN2CCCC2)c1. The highest BCUT2D eigenvalue weighted by Crippen LogP contribution is 2.21. The molecule has 136 valence electrons. The van der Waals surface area contributed by atoms with Gasteiger partial charge in [-0.3, -0.25) is 25.3 Å². The highest BCUT2D eigenvalue weighted by molar-refractivity contribution is 6.31. The van der Waals surface area contributed by atoms with Gasteiger partial charge in [0.15, 0.2) is 0 Å². The van der Waals surface area contributed by atoms with Crippen LogP contribution < -0.4 is 10.9 Å². The Balaban J connectivity index is 1.61. The minimum atomic E-state index is -0.647. The molecule has 1 heterocycles. The van der Waals surface area contributed by atoms with E-state index < -0.39 is 11.8 Å². The van der Waals surface area contributed by atoms with Gasteiger partial charge in [-0.25, -0.2) is 0 Å². The normalized spacial score (nSPS) is 14.2. The molecule has 0 radical (unpaired) electrons. The first-order valence-corrected chi connectivity index (χ1v) is 8.81. The monoisotopic (exact) mass is 373 g/mol. The Morgan fingerprint density at radius 1 is 1.04 bits per heavy atom. The van der Waals surface area contributed by atoms with Crippen LogP contribution in [-0.4, -0.2) is 34.9 Å². The van der Waals surface area contributed by atoms with Crippen molar-refractivity contribution in [2.75, 3.05) is 13.1 Å². The number of halogens is 1. The highest BCUT2D eigenvalue weighted by atomic mass is 35.5. The number of phenolic OH excluding ortho intramolecular Hbond substituents is 1. The third-order valence-corrected chi connectivity index (χ3v) is 4.52. The van der Waals surface area contributed by atoms with Crippen molar-refractivity contribution in [3.05, 3.63) is 64.2 Å². The van der Waals surface area contributed by atoms with Crippen molar-refractivity contribution in [2.24, 2.45) is 0 Å². The van der Waals surface area contributed by atoms with Crippen molar-refractivity contribution in [1.82, 2.24) is 15.8 Å². The van der Waals surface area contributed by atoms with E-state index in [9.17, 15) is 14.7 Å². The molecule has 7 heteroatoms. The molecular weight excluding hydrogens is 354 g/mol. The minimum absolute atomic E-state index is 0.0133. The second-order valence-corrected chi connectivity index (χ2v) is 6.69. The lowest BCUT2D eigenvalue weighted by molar-refractivity contribution is 0.0845. The van der Waals surface area contributed by atoms with Gasteiger partial charge in [-0.2, -0.15) is 0 Å². The maximum absolute atomic E-state index is 12.3. The molecule has 0 saturated carbocycles. The molecule has 2 aromatic rings. The molecule has 1 fully saturated rings. The van der Waals surface area contributed by atoms with Crippen molar-refractivity contribution in [3.63, 3.8) is 0 Å². The highest BCUT2D eigenvalue weighted by Gasteiger charge is 2.15. The summed E-state index contributed by atoms with van der Waals surface area (Å²) >= 11 is 5.82. The number of benzene rings is 2. The Morgan fingerprint density at radius 3 is 2.54 bits per heavy atom. The smallest absolute Gasteiger partial charge is 0.273 e. The molecule has 0 unspecified atom stereocenters. The molecule has 6 nitrogen and oxygen atoms in total. The summed E-state index contributed by atoms with van der Waals surface area (Å²) in [5, 5.41) is 10.0. The van der Waals surface area contributed by atoms with Crippen LogP contribution >= 0.6 is 11.6 Å². The standard InChI is InChI=1S/C19H20ClN3O3/c20-15-6-7-17(24)16(11-15)19(26)22-21-18(25)14-5-3-4-13(10-14)12-23-8-1-2-9-23/h3-7,10-11,24H,1-2,8-9,12H2,(H,21,25)(H,22,26). The number of carbonyl (C=O) groups excluding carboxylic acids is 2. The molecule has 0 spiro atoms. The van der Waals surface area contributed by atoms with E-state index in [2.05, 4.69) is 15.8 Å². The molecule has 0 bridgehead atoms. The van der Waals surface area contributed by atoms with Gasteiger partial charge in [-0.1, -0.05) is 23.7 Å². The van der Waals surface area contributed by atoms with Crippen molar-refractivity contribution < 1.29 is 14.7 Å². The van der Waals surface area contributed by atoms with Crippen LogP contribution in [0.4, 0.5) is 0 Å². The Bertz CT molecular complexity index is 819. The van der Waals surface area contributed by atoms with Crippen LogP contribution in [0.5, 0.6) is 5.75 Å². The lowest BCUT2D eigenvalue weighted by Gasteiger charge is -2.15. The molecule has 2 aromatic carbocycles. The number of hydrazine groups is 1. The number of carbonyl (C=O) groups is 2. The Kier molecular flexibility index (Phi) is 5.75. The van der Waals surface area contributed by atoms with E-state index in [1.807, 2.05) is 18.2 Å². The summed E-state index contributed by atoms with van der Waals surface area (Å²) in [5.41, 5.74) is 6.15. The molecule has 3 N–H and O–H groups in total. The predicted molar refractivity (Wildman–Crippen MR) is 99.0 cm³/mol. The summed E-state index contributed by atoms with van der Waals surface area (Å²) in [5.74, 6) is -1.29. The molecule has 0 aliphatic carbocycles. The van der Waals surface area contributed by atoms with E-state index in [0.717, 1.165) is 25.2 Å². The zero-order chi connectivity index (χ0) is 18.5. The third kappa shape index (κ3) is 4.53. The van der Waals surface area contributed by atoms with E-state index in [-0.39, 0.29) is 11.3 Å². The van der Waals surface area contributed by atoms with Crippen molar-refractivity contribution >= 4 is 23.4 Å². The molecule has 2 amide bonds. The van der Waals surface area contributed by atoms with Crippen LogP contribution in [0.1, 0.15) is 39.1 Å². The van der Waals surface area contributed by atoms with Gasteiger partial charge in [-0.15, -0.1) is 0 Å². The number of aromatic hydroxyl groups is 1. The molecule has 1 aliphatic heterocycles. The molecule has 1 aliphatic rings. The van der Waals surface area contributed by atoms with Crippen molar-refractivity contribution in [3.8, 4) is 5.75 Å². The number of amides is 2.